The van der Waals surface area contributed by atoms with Crippen molar-refractivity contribution in [2.45, 2.75) is 26.2 Å². The second-order valence-corrected chi connectivity index (χ2v) is 5.12. The normalized spacial score (nSPS) is 10.7. The summed E-state index contributed by atoms with van der Waals surface area (Å²) in [5.74, 6) is 0.00741. The summed E-state index contributed by atoms with van der Waals surface area (Å²) < 4.78 is 0.562. The molecule has 86 valence electrons. The molecule has 0 aromatic heterocycles. The first kappa shape index (κ1) is 14.9. The fourth-order valence-corrected chi connectivity index (χ4v) is 1.62. The van der Waals surface area contributed by atoms with Gasteiger partial charge in [0.15, 0.2) is 6.29 Å². The van der Waals surface area contributed by atoms with Gasteiger partial charge in [-0.15, -0.1) is 0 Å². The number of aromatic hydroxyl groups is 1. The Bertz CT molecular complexity index is 370. The molecule has 0 aliphatic rings. The van der Waals surface area contributed by atoms with Crippen molar-refractivity contribution < 1.29 is 31.0 Å². The van der Waals surface area contributed by atoms with Gasteiger partial charge in [-0.2, -0.15) is 0 Å². The van der Waals surface area contributed by atoms with E-state index in [1.54, 1.807) is 6.07 Å². The quantitative estimate of drug-likeness (QED) is 0.665. The number of hydrogen-bond donors (Lipinski definition) is 1. The molecular formula is C11H13BrO2Pt. The molecular weight excluding hydrogens is 439 g/mol. The van der Waals surface area contributed by atoms with Gasteiger partial charge in [-0.3, -0.25) is 4.79 Å². The summed E-state index contributed by atoms with van der Waals surface area (Å²) in [7, 11) is 0. The number of hydrogen-bond acceptors (Lipinski definition) is 2. The molecule has 2 nitrogen and oxygen atoms in total. The average molecular weight is 452 g/mol. The maximum absolute atomic E-state index is 10.7. The summed E-state index contributed by atoms with van der Waals surface area (Å²) in [5.41, 5.74) is 1.31. The summed E-state index contributed by atoms with van der Waals surface area (Å²) in [5, 5.41) is 9.51. The van der Waals surface area contributed by atoms with Crippen LogP contribution in [0.2, 0.25) is 0 Å². The predicted molar refractivity (Wildman–Crippen MR) is 59.9 cm³/mol. The van der Waals surface area contributed by atoms with Crippen LogP contribution in [-0.4, -0.2) is 11.4 Å². The molecule has 0 aliphatic carbocycles. The SMILES string of the molecule is CC(C)(C)c1cc(Br)c(O)c(C=O)c1.[Pt]. The average Bonchev–Trinajstić information content (AvgIpc) is 2.07. The molecule has 1 aromatic rings. The van der Waals surface area contributed by atoms with Gasteiger partial charge in [-0.05, 0) is 39.0 Å². The van der Waals surface area contributed by atoms with Crippen molar-refractivity contribution in [1.82, 2.24) is 0 Å². The number of carbonyl (C=O) groups is 1. The van der Waals surface area contributed by atoms with Gasteiger partial charge in [0.25, 0.3) is 0 Å². The van der Waals surface area contributed by atoms with Crippen molar-refractivity contribution in [3.63, 3.8) is 0 Å². The number of rotatable bonds is 1. The van der Waals surface area contributed by atoms with E-state index in [4.69, 9.17) is 0 Å². The first-order valence-corrected chi connectivity index (χ1v) is 5.13. The van der Waals surface area contributed by atoms with E-state index in [2.05, 4.69) is 36.7 Å². The molecule has 0 saturated carbocycles. The Kier molecular flexibility index (Phi) is 5.22. The largest absolute Gasteiger partial charge is 0.506 e. The minimum absolute atomic E-state index is 0. The van der Waals surface area contributed by atoms with Gasteiger partial charge in [0.05, 0.1) is 10.0 Å². The molecule has 4 heteroatoms. The van der Waals surface area contributed by atoms with Gasteiger partial charge in [0.2, 0.25) is 0 Å². The number of aldehydes is 1. The molecule has 0 amide bonds. The minimum Gasteiger partial charge on any atom is -0.506 e. The maximum atomic E-state index is 10.7. The molecule has 0 atom stereocenters. The molecule has 1 aromatic carbocycles. The van der Waals surface area contributed by atoms with Crippen LogP contribution in [0.25, 0.3) is 0 Å². The summed E-state index contributed by atoms with van der Waals surface area (Å²) in [6.07, 6.45) is 0.662. The van der Waals surface area contributed by atoms with Crippen molar-refractivity contribution in [2.75, 3.05) is 0 Å². The molecule has 0 unspecified atom stereocenters. The zero-order valence-corrected chi connectivity index (χ0v) is 12.6. The molecule has 1 N–H and O–H groups in total. The molecule has 0 bridgehead atoms. The fourth-order valence-electron chi connectivity index (χ4n) is 1.14. The van der Waals surface area contributed by atoms with Gasteiger partial charge in [0.1, 0.15) is 5.75 Å². The second kappa shape index (κ2) is 5.27. The Hall–Kier alpha value is -0.142. The molecule has 0 aliphatic heterocycles. The standard InChI is InChI=1S/C11H13BrO2.Pt/c1-11(2,3)8-4-7(6-13)10(14)9(12)5-8;/h4-6,14H,1-3H3;. The molecule has 0 heterocycles. The molecule has 0 fully saturated rings. The first-order valence-electron chi connectivity index (χ1n) is 4.34. The van der Waals surface area contributed by atoms with Crippen molar-refractivity contribution in [2.24, 2.45) is 0 Å². The van der Waals surface area contributed by atoms with Crippen LogP contribution in [-0.2, 0) is 26.5 Å². The molecule has 1 rings (SSSR count). The number of phenolic OH excluding ortho intramolecular Hbond substituents is 1. The van der Waals surface area contributed by atoms with Gasteiger partial charge in [0, 0.05) is 21.1 Å². The summed E-state index contributed by atoms with van der Waals surface area (Å²) in [6.45, 7) is 6.17. The number of carbonyl (C=O) groups excluding carboxylic acids is 1. The van der Waals surface area contributed by atoms with Crippen LogP contribution in [0.5, 0.6) is 5.75 Å². The van der Waals surface area contributed by atoms with Gasteiger partial charge in [-0.25, -0.2) is 0 Å². The topological polar surface area (TPSA) is 37.3 Å². The van der Waals surface area contributed by atoms with Gasteiger partial charge < -0.3 is 5.11 Å². The van der Waals surface area contributed by atoms with E-state index in [1.165, 1.54) is 0 Å². The van der Waals surface area contributed by atoms with Crippen LogP contribution < -0.4 is 0 Å². The van der Waals surface area contributed by atoms with E-state index in [-0.39, 0.29) is 32.2 Å². The zero-order valence-electron chi connectivity index (χ0n) is 8.78. The molecule has 15 heavy (non-hydrogen) atoms. The van der Waals surface area contributed by atoms with Crippen molar-refractivity contribution in [1.29, 1.82) is 0 Å². The number of phenols is 1. The van der Waals surface area contributed by atoms with E-state index in [0.29, 0.717) is 16.3 Å². The van der Waals surface area contributed by atoms with Crippen molar-refractivity contribution in [3.05, 3.63) is 27.7 Å². The van der Waals surface area contributed by atoms with Crippen LogP contribution in [0.3, 0.4) is 0 Å². The molecule has 0 radical (unpaired) electrons. The number of benzene rings is 1. The maximum Gasteiger partial charge on any atom is 0.153 e. The van der Waals surface area contributed by atoms with Crippen LogP contribution in [0.1, 0.15) is 36.7 Å². The Morgan fingerprint density at radius 3 is 2.27 bits per heavy atom. The monoisotopic (exact) mass is 451 g/mol. The molecule has 0 saturated heterocycles. The summed E-state index contributed by atoms with van der Waals surface area (Å²) in [4.78, 5) is 10.7. The molecule has 0 spiro atoms. The Morgan fingerprint density at radius 2 is 1.87 bits per heavy atom. The fraction of sp³-hybridized carbons (Fsp3) is 0.364. The van der Waals surface area contributed by atoms with E-state index in [0.717, 1.165) is 5.56 Å². The van der Waals surface area contributed by atoms with Crippen LogP contribution in [0.4, 0.5) is 0 Å². The Labute approximate surface area is 112 Å². The predicted octanol–water partition coefficient (Wildman–Crippen LogP) is 3.26. The Balaban J connectivity index is 0.00000196. The minimum atomic E-state index is -0.0338. The van der Waals surface area contributed by atoms with Crippen molar-refractivity contribution in [3.8, 4) is 5.75 Å². The van der Waals surface area contributed by atoms with Gasteiger partial charge >= 0.3 is 0 Å². The smallest absolute Gasteiger partial charge is 0.153 e. The van der Waals surface area contributed by atoms with E-state index in [1.807, 2.05) is 6.07 Å². The van der Waals surface area contributed by atoms with E-state index in [9.17, 15) is 9.90 Å². The first-order chi connectivity index (χ1) is 6.36. The third-order valence-corrected chi connectivity index (χ3v) is 2.69. The Morgan fingerprint density at radius 1 is 1.33 bits per heavy atom. The summed E-state index contributed by atoms with van der Waals surface area (Å²) >= 11 is 3.22. The van der Waals surface area contributed by atoms with E-state index >= 15 is 0 Å². The summed E-state index contributed by atoms with van der Waals surface area (Å²) in [6, 6.07) is 3.55. The third kappa shape index (κ3) is 3.42. The third-order valence-electron chi connectivity index (χ3n) is 2.09. The zero-order chi connectivity index (χ0) is 10.9. The second-order valence-electron chi connectivity index (χ2n) is 4.26. The van der Waals surface area contributed by atoms with Crippen LogP contribution in [0.15, 0.2) is 16.6 Å². The van der Waals surface area contributed by atoms with Crippen LogP contribution >= 0.6 is 15.9 Å². The van der Waals surface area contributed by atoms with Gasteiger partial charge in [-0.1, -0.05) is 20.8 Å². The number of halogens is 1. The van der Waals surface area contributed by atoms with Crippen molar-refractivity contribution >= 4 is 22.2 Å². The van der Waals surface area contributed by atoms with Crippen LogP contribution in [0, 0.1) is 0 Å². The van der Waals surface area contributed by atoms with E-state index < -0.39 is 0 Å².